The van der Waals surface area contributed by atoms with E-state index in [-0.39, 0.29) is 12.3 Å². The molecule has 0 aromatic heterocycles. The second-order valence-corrected chi connectivity index (χ2v) is 14.4. The minimum Gasteiger partial charge on any atom is -0.210 e. The van der Waals surface area contributed by atoms with Gasteiger partial charge in [-0.2, -0.15) is 0 Å². The van der Waals surface area contributed by atoms with Crippen LogP contribution in [-0.2, 0) is 0 Å². The molecule has 0 saturated carbocycles. The summed E-state index contributed by atoms with van der Waals surface area (Å²) in [6.45, 7) is 40.9. The molecule has 36 heavy (non-hydrogen) atoms. The lowest BCUT2D eigenvalue weighted by molar-refractivity contribution is 0.000971. The lowest BCUT2D eigenvalue weighted by Crippen LogP contribution is -2.12. The lowest BCUT2D eigenvalue weighted by Gasteiger charge is -2.19. The minimum absolute atomic E-state index is 0.00694. The van der Waals surface area contributed by atoms with Crippen molar-refractivity contribution in [3.05, 3.63) is 0 Å². The van der Waals surface area contributed by atoms with Gasteiger partial charge in [0.05, 0.1) is 0 Å². The molecule has 0 heterocycles. The van der Waals surface area contributed by atoms with Gasteiger partial charge in [-0.15, -0.1) is 0 Å². The summed E-state index contributed by atoms with van der Waals surface area (Å²) < 4.78 is 46.3. The van der Waals surface area contributed by atoms with Gasteiger partial charge >= 0.3 is 0 Å². The van der Waals surface area contributed by atoms with Crippen LogP contribution in [0.15, 0.2) is 0 Å². The third-order valence-electron chi connectivity index (χ3n) is 3.62. The summed E-state index contributed by atoms with van der Waals surface area (Å²) in [5.74, 6) is 1.35. The predicted molar refractivity (Wildman–Crippen MR) is 161 cm³/mol. The smallest absolute Gasteiger partial charge is 0.210 e. The van der Waals surface area contributed by atoms with Crippen LogP contribution in [-0.4, -0.2) is 12.3 Å². The van der Waals surface area contributed by atoms with Crippen molar-refractivity contribution in [3.8, 4) is 0 Å². The van der Waals surface area contributed by atoms with Crippen molar-refractivity contribution in [2.24, 2.45) is 46.8 Å². The molecule has 228 valence electrons. The van der Waals surface area contributed by atoms with Gasteiger partial charge in [-0.3, -0.25) is 0 Å². The quantitative estimate of drug-likeness (QED) is 0.309. The molecule has 0 aromatic rings. The van der Waals surface area contributed by atoms with E-state index >= 15 is 0 Å². The Bertz CT molecular complexity index is 326. The highest BCUT2D eigenvalue weighted by molar-refractivity contribution is 4.62. The number of rotatable bonds is 5. The molecule has 0 rings (SSSR count). The fraction of sp³-hybridized carbons (Fsp3) is 1.00. The molecule has 0 radical (unpaired) electrons. The maximum absolute atomic E-state index is 12.0. The van der Waals surface area contributed by atoms with E-state index in [4.69, 9.17) is 0 Å². The zero-order valence-corrected chi connectivity index (χ0v) is 28.5. The molecular formula is C32H72F4. The van der Waals surface area contributed by atoms with Crippen LogP contribution in [0.25, 0.3) is 0 Å². The van der Waals surface area contributed by atoms with Gasteiger partial charge in [0, 0.05) is 12.3 Å². The van der Waals surface area contributed by atoms with Gasteiger partial charge in [0.2, 0.25) is 12.3 Å². The number of hydrogen-bond donors (Lipinski definition) is 0. The van der Waals surface area contributed by atoms with Crippen LogP contribution in [0.1, 0.15) is 151 Å². The molecule has 0 aliphatic rings. The summed E-state index contributed by atoms with van der Waals surface area (Å²) >= 11 is 0. The average Bonchev–Trinajstić information content (AvgIpc) is 2.50. The molecule has 0 unspecified atom stereocenters. The molecule has 0 aliphatic heterocycles. The Hall–Kier alpha value is -0.280. The first-order valence-electron chi connectivity index (χ1n) is 14.2. The molecule has 0 fully saturated rings. The van der Waals surface area contributed by atoms with Gasteiger partial charge < -0.3 is 0 Å². The van der Waals surface area contributed by atoms with Crippen LogP contribution in [0.5, 0.6) is 0 Å². The van der Waals surface area contributed by atoms with Crippen LogP contribution < -0.4 is 0 Å². The zero-order chi connectivity index (χ0) is 31.0. The normalized spacial score (nSPS) is 11.3. The Balaban J connectivity index is -0.0000000766. The van der Waals surface area contributed by atoms with E-state index in [1.54, 1.807) is 13.8 Å². The first kappa shape index (κ1) is 48.7. The number of alkyl halides is 4. The van der Waals surface area contributed by atoms with Gasteiger partial charge in [-0.05, 0) is 54.3 Å². The van der Waals surface area contributed by atoms with E-state index in [0.717, 1.165) is 36.5 Å². The molecule has 0 N–H and O–H groups in total. The van der Waals surface area contributed by atoms with Gasteiger partial charge in [-0.1, -0.05) is 132 Å². The van der Waals surface area contributed by atoms with Crippen molar-refractivity contribution in [1.82, 2.24) is 0 Å². The topological polar surface area (TPSA) is 0 Å². The third kappa shape index (κ3) is 115. The molecule has 0 aromatic carbocycles. The fourth-order valence-electron chi connectivity index (χ4n) is 1.94. The Labute approximate surface area is 228 Å². The van der Waals surface area contributed by atoms with Crippen molar-refractivity contribution in [2.75, 3.05) is 0 Å². The SMILES string of the molecule is CC(C)C.CC(C)C.CC(C)C(C)C.CC(C)C(F)F.CC(C)CC(C)(C)C.CC(C)CC(C)(F)F. The first-order chi connectivity index (χ1) is 15.6. The zero-order valence-electron chi connectivity index (χ0n) is 28.5. The average molecular weight is 533 g/mol. The molecule has 0 atom stereocenters. The van der Waals surface area contributed by atoms with Crippen molar-refractivity contribution in [2.45, 2.75) is 164 Å². The van der Waals surface area contributed by atoms with Crippen molar-refractivity contribution in [1.29, 1.82) is 0 Å². The molecule has 0 bridgehead atoms. The second kappa shape index (κ2) is 27.7. The predicted octanol–water partition coefficient (Wildman–Crippen LogP) is 13.3. The van der Waals surface area contributed by atoms with Crippen LogP contribution in [0.4, 0.5) is 17.6 Å². The Morgan fingerprint density at radius 3 is 0.639 bits per heavy atom. The molecule has 4 heteroatoms. The Morgan fingerprint density at radius 1 is 0.444 bits per heavy atom. The highest BCUT2D eigenvalue weighted by Gasteiger charge is 2.21. The summed E-state index contributed by atoms with van der Waals surface area (Å²) in [7, 11) is 0. The van der Waals surface area contributed by atoms with Crippen LogP contribution in [0.3, 0.4) is 0 Å². The van der Waals surface area contributed by atoms with E-state index < -0.39 is 18.3 Å². The van der Waals surface area contributed by atoms with Crippen LogP contribution >= 0.6 is 0 Å². The Kier molecular flexibility index (Phi) is 37.6. The summed E-state index contributed by atoms with van der Waals surface area (Å²) in [5, 5.41) is 0. The van der Waals surface area contributed by atoms with Crippen molar-refractivity contribution < 1.29 is 17.6 Å². The van der Waals surface area contributed by atoms with Gasteiger partial charge in [-0.25, -0.2) is 17.6 Å². The Morgan fingerprint density at radius 2 is 0.639 bits per heavy atom. The summed E-state index contributed by atoms with van der Waals surface area (Å²) in [6, 6.07) is 0. The molecular weight excluding hydrogens is 460 g/mol. The summed E-state index contributed by atoms with van der Waals surface area (Å²) in [5.41, 5.74) is 0.522. The molecule has 0 nitrogen and oxygen atoms in total. The van der Waals surface area contributed by atoms with E-state index in [9.17, 15) is 17.6 Å². The second-order valence-electron chi connectivity index (χ2n) is 14.4. The van der Waals surface area contributed by atoms with Gasteiger partial charge in [0.15, 0.2) is 0 Å². The monoisotopic (exact) mass is 533 g/mol. The van der Waals surface area contributed by atoms with E-state index in [1.165, 1.54) is 20.3 Å². The molecule has 0 spiro atoms. The highest BCUT2D eigenvalue weighted by atomic mass is 19.3. The maximum Gasteiger partial charge on any atom is 0.245 e. The maximum atomic E-state index is 12.0. The van der Waals surface area contributed by atoms with E-state index in [0.29, 0.717) is 5.41 Å². The largest absolute Gasteiger partial charge is 0.245 e. The highest BCUT2D eigenvalue weighted by Crippen LogP contribution is 2.23. The fourth-order valence-corrected chi connectivity index (χ4v) is 1.94. The summed E-state index contributed by atoms with van der Waals surface area (Å²) in [4.78, 5) is 0. The standard InChI is InChI=1S/C8H18.C6H12F2.C6H14.C4H8F2.2C4H10/c1-7(2)6-8(3,4)5;1-5(2)4-6(3,7)8;1-5(2)6(3)4;1-3(2)4(5)6;2*1-4(2)3/h7H,6H2,1-5H3;5H,4H2,1-3H3;5-6H,1-4H3;3-4H,1-2H3;2*4H,1-3H3. The van der Waals surface area contributed by atoms with Gasteiger partial charge in [0.25, 0.3) is 0 Å². The van der Waals surface area contributed by atoms with Crippen LogP contribution in [0.2, 0.25) is 0 Å². The van der Waals surface area contributed by atoms with Crippen molar-refractivity contribution in [3.63, 3.8) is 0 Å². The molecule has 0 saturated heterocycles. The molecule has 0 aliphatic carbocycles. The third-order valence-corrected chi connectivity index (χ3v) is 3.62. The van der Waals surface area contributed by atoms with E-state index in [2.05, 4.69) is 104 Å². The minimum atomic E-state index is -2.48. The summed E-state index contributed by atoms with van der Waals surface area (Å²) in [6.07, 6.45) is -0.829. The first-order valence-corrected chi connectivity index (χ1v) is 14.2. The number of hydrogen-bond acceptors (Lipinski definition) is 0. The lowest BCUT2D eigenvalue weighted by atomic mass is 9.86. The van der Waals surface area contributed by atoms with Crippen LogP contribution in [0, 0.1) is 46.8 Å². The number of halogens is 4. The molecule has 0 amide bonds. The van der Waals surface area contributed by atoms with Gasteiger partial charge in [0.1, 0.15) is 0 Å². The van der Waals surface area contributed by atoms with Crippen molar-refractivity contribution >= 4 is 0 Å². The van der Waals surface area contributed by atoms with E-state index in [1.807, 2.05) is 0 Å².